The van der Waals surface area contributed by atoms with Crippen LogP contribution in [0.3, 0.4) is 0 Å². The molecule has 268 valence electrons. The second-order valence-electron chi connectivity index (χ2n) is 14.7. The van der Waals surface area contributed by atoms with Crippen molar-refractivity contribution >= 4 is 25.1 Å². The lowest BCUT2D eigenvalue weighted by atomic mass is 9.91. The zero-order valence-corrected chi connectivity index (χ0v) is 31.5. The van der Waals surface area contributed by atoms with Crippen molar-refractivity contribution in [3.63, 3.8) is 0 Å². The standard InChI is InChI=1S/C37H50FN2O8P/c1-23-13-14-25(38)19-31(23)45-22-29-27(17-18-30-33(29)40(11)34(41)37(9,10)39-30)28-16-15-26(20-32(28)43-12)44-21-24(2)46-49(42,47-35(3,4)5)48-36(6,7)8/h13-20,24,39H,21-22H2,1-12H3/t24-/m0/s1. The summed E-state index contributed by atoms with van der Waals surface area (Å²) < 4.78 is 63.1. The van der Waals surface area contributed by atoms with Crippen LogP contribution in [0.15, 0.2) is 48.5 Å². The highest BCUT2D eigenvalue weighted by Crippen LogP contribution is 2.56. The molecule has 1 aliphatic rings. The number of aryl methyl sites for hydroxylation is 1. The Morgan fingerprint density at radius 3 is 2.16 bits per heavy atom. The van der Waals surface area contributed by atoms with Crippen LogP contribution in [0, 0.1) is 12.7 Å². The van der Waals surface area contributed by atoms with Gasteiger partial charge in [0.05, 0.1) is 29.7 Å². The maximum atomic E-state index is 14.1. The Bertz CT molecular complexity index is 1710. The number of halogens is 1. The molecule has 3 aromatic carbocycles. The van der Waals surface area contributed by atoms with E-state index < -0.39 is 36.5 Å². The van der Waals surface area contributed by atoms with Gasteiger partial charge in [0.1, 0.15) is 47.9 Å². The van der Waals surface area contributed by atoms with Crippen LogP contribution >= 0.6 is 7.82 Å². The predicted molar refractivity (Wildman–Crippen MR) is 190 cm³/mol. The lowest BCUT2D eigenvalue weighted by molar-refractivity contribution is -0.121. The number of hydrogen-bond acceptors (Lipinski definition) is 9. The minimum atomic E-state index is -3.94. The van der Waals surface area contributed by atoms with Gasteiger partial charge in [-0.1, -0.05) is 12.1 Å². The number of phosphoric acid groups is 1. The highest BCUT2D eigenvalue weighted by atomic mass is 31.2. The van der Waals surface area contributed by atoms with Gasteiger partial charge >= 0.3 is 7.82 Å². The van der Waals surface area contributed by atoms with Crippen molar-refractivity contribution in [1.29, 1.82) is 0 Å². The van der Waals surface area contributed by atoms with Gasteiger partial charge in [-0.3, -0.25) is 18.4 Å². The van der Waals surface area contributed by atoms with Gasteiger partial charge in [0, 0.05) is 30.3 Å². The summed E-state index contributed by atoms with van der Waals surface area (Å²) in [6.07, 6.45) is -0.651. The van der Waals surface area contributed by atoms with Crippen molar-refractivity contribution in [2.24, 2.45) is 0 Å². The quantitative estimate of drug-likeness (QED) is 0.185. The van der Waals surface area contributed by atoms with Gasteiger partial charge in [0.2, 0.25) is 0 Å². The summed E-state index contributed by atoms with van der Waals surface area (Å²) >= 11 is 0. The van der Waals surface area contributed by atoms with E-state index in [4.69, 9.17) is 27.8 Å². The first kappa shape index (κ1) is 38.2. The Morgan fingerprint density at radius 1 is 0.918 bits per heavy atom. The summed E-state index contributed by atoms with van der Waals surface area (Å²) in [4.78, 5) is 15.0. The molecule has 1 heterocycles. The Morgan fingerprint density at radius 2 is 1.55 bits per heavy atom. The molecular formula is C37H50FN2O8P. The molecule has 0 unspecified atom stereocenters. The van der Waals surface area contributed by atoms with E-state index in [0.29, 0.717) is 28.5 Å². The minimum Gasteiger partial charge on any atom is -0.496 e. The molecule has 0 fully saturated rings. The summed E-state index contributed by atoms with van der Waals surface area (Å²) in [6.45, 7) is 18.0. The monoisotopic (exact) mass is 700 g/mol. The average molecular weight is 701 g/mol. The van der Waals surface area contributed by atoms with Crippen LogP contribution in [-0.4, -0.2) is 49.5 Å². The van der Waals surface area contributed by atoms with Gasteiger partial charge in [-0.15, -0.1) is 0 Å². The zero-order valence-electron chi connectivity index (χ0n) is 30.6. The van der Waals surface area contributed by atoms with Gasteiger partial charge in [-0.05, 0) is 105 Å². The summed E-state index contributed by atoms with van der Waals surface area (Å²) in [5.74, 6) is 0.873. The first-order chi connectivity index (χ1) is 22.6. The van der Waals surface area contributed by atoms with E-state index in [1.807, 2.05) is 39.0 Å². The van der Waals surface area contributed by atoms with E-state index in [2.05, 4.69) is 5.32 Å². The number of ether oxygens (including phenoxy) is 3. The van der Waals surface area contributed by atoms with Gasteiger partial charge in [0.25, 0.3) is 5.91 Å². The molecule has 0 saturated carbocycles. The van der Waals surface area contributed by atoms with Crippen LogP contribution in [0.5, 0.6) is 17.2 Å². The molecule has 1 amide bonds. The number of phosphoric ester groups is 1. The van der Waals surface area contributed by atoms with Gasteiger partial charge in [-0.2, -0.15) is 0 Å². The number of methoxy groups -OCH3 is 1. The van der Waals surface area contributed by atoms with Crippen molar-refractivity contribution < 1.29 is 41.5 Å². The molecule has 1 N–H and O–H groups in total. The number of benzene rings is 3. The SMILES string of the molecule is COc1cc(OC[C@H](C)OP(=O)(OC(C)(C)C)OC(C)(C)C)ccc1-c1ccc2c(c1COc1cc(F)ccc1C)N(C)C(=O)C(C)(C)N2. The van der Waals surface area contributed by atoms with E-state index in [1.54, 1.807) is 85.7 Å². The van der Waals surface area contributed by atoms with Crippen molar-refractivity contribution in [2.75, 3.05) is 31.0 Å². The summed E-state index contributed by atoms with van der Waals surface area (Å²) in [5, 5.41) is 3.35. The number of carbonyl (C=O) groups is 1. The molecule has 0 aliphatic carbocycles. The Balaban J connectivity index is 1.65. The summed E-state index contributed by atoms with van der Waals surface area (Å²) in [7, 11) is -0.648. The number of nitrogens with zero attached hydrogens (tertiary/aromatic N) is 1. The lowest BCUT2D eigenvalue weighted by Crippen LogP contribution is -2.52. The maximum absolute atomic E-state index is 14.1. The number of amides is 1. The second-order valence-corrected chi connectivity index (χ2v) is 16.2. The number of rotatable bonds is 12. The van der Waals surface area contributed by atoms with Crippen molar-refractivity contribution in [1.82, 2.24) is 0 Å². The largest absolute Gasteiger partial charge is 0.496 e. The number of hydrogen-bond donors (Lipinski definition) is 1. The Kier molecular flexibility index (Phi) is 11.1. The van der Waals surface area contributed by atoms with Crippen molar-refractivity contribution in [3.05, 3.63) is 65.5 Å². The van der Waals surface area contributed by atoms with Gasteiger partial charge < -0.3 is 24.4 Å². The normalized spacial score (nSPS) is 15.4. The van der Waals surface area contributed by atoms with E-state index in [9.17, 15) is 13.8 Å². The smallest absolute Gasteiger partial charge is 0.476 e. The highest BCUT2D eigenvalue weighted by molar-refractivity contribution is 7.48. The summed E-state index contributed by atoms with van der Waals surface area (Å²) in [5.41, 5.74) is 2.04. The number of fused-ring (bicyclic) bond motifs is 1. The molecule has 0 spiro atoms. The molecule has 10 nitrogen and oxygen atoms in total. The molecule has 0 saturated heterocycles. The fourth-order valence-electron chi connectivity index (χ4n) is 5.49. The molecular weight excluding hydrogens is 650 g/mol. The molecule has 4 rings (SSSR count). The van der Waals surface area contributed by atoms with Crippen LogP contribution in [0.4, 0.5) is 15.8 Å². The molecule has 0 aromatic heterocycles. The molecule has 49 heavy (non-hydrogen) atoms. The van der Waals surface area contributed by atoms with Crippen LogP contribution in [0.1, 0.15) is 73.4 Å². The number of anilines is 2. The lowest BCUT2D eigenvalue weighted by Gasteiger charge is -2.39. The third-order valence-corrected chi connectivity index (χ3v) is 9.62. The molecule has 0 bridgehead atoms. The molecule has 1 atom stereocenters. The fraction of sp³-hybridized carbons (Fsp3) is 0.486. The molecule has 0 radical (unpaired) electrons. The fourth-order valence-corrected chi connectivity index (χ4v) is 7.46. The van der Waals surface area contributed by atoms with Gasteiger partial charge in [-0.25, -0.2) is 8.96 Å². The summed E-state index contributed by atoms with van der Waals surface area (Å²) in [6, 6.07) is 13.7. The highest BCUT2D eigenvalue weighted by Gasteiger charge is 2.40. The third-order valence-electron chi connectivity index (χ3n) is 7.46. The molecule has 12 heteroatoms. The van der Waals surface area contributed by atoms with Crippen LogP contribution < -0.4 is 24.4 Å². The van der Waals surface area contributed by atoms with Gasteiger partial charge in [0.15, 0.2) is 0 Å². The van der Waals surface area contributed by atoms with E-state index >= 15 is 0 Å². The van der Waals surface area contributed by atoms with Crippen molar-refractivity contribution in [3.8, 4) is 28.4 Å². The van der Waals surface area contributed by atoms with Crippen LogP contribution in [0.25, 0.3) is 11.1 Å². The average Bonchev–Trinajstić information content (AvgIpc) is 2.96. The number of carbonyl (C=O) groups excluding carboxylic acids is 1. The third kappa shape index (κ3) is 9.54. The topological polar surface area (TPSA) is 105 Å². The Hall–Kier alpha value is -3.63. The first-order valence-electron chi connectivity index (χ1n) is 16.2. The van der Waals surface area contributed by atoms with E-state index in [1.165, 1.54) is 12.1 Å². The number of nitrogens with one attached hydrogen (secondary N) is 1. The molecule has 3 aromatic rings. The van der Waals surface area contributed by atoms with E-state index in [-0.39, 0.29) is 19.1 Å². The second kappa shape index (κ2) is 14.3. The van der Waals surface area contributed by atoms with Crippen molar-refractivity contribution in [2.45, 2.75) is 98.7 Å². The zero-order chi connectivity index (χ0) is 36.5. The first-order valence-corrected chi connectivity index (χ1v) is 17.7. The van der Waals surface area contributed by atoms with Crippen LogP contribution in [0.2, 0.25) is 0 Å². The Labute approximate surface area is 289 Å². The van der Waals surface area contributed by atoms with E-state index in [0.717, 1.165) is 22.4 Å². The minimum absolute atomic E-state index is 0.0477. The molecule has 1 aliphatic heterocycles. The predicted octanol–water partition coefficient (Wildman–Crippen LogP) is 9.08. The number of likely N-dealkylation sites (N-methyl/N-ethyl adjacent to an activating group) is 1. The maximum Gasteiger partial charge on any atom is 0.476 e. The van der Waals surface area contributed by atoms with Crippen LogP contribution in [-0.2, 0) is 29.5 Å².